The van der Waals surface area contributed by atoms with Gasteiger partial charge in [-0.05, 0) is 96.8 Å². The highest BCUT2D eigenvalue weighted by Gasteiger charge is 2.38. The maximum atomic E-state index is 14.9. The summed E-state index contributed by atoms with van der Waals surface area (Å²) in [6.07, 6.45) is 28.1. The van der Waals surface area contributed by atoms with Gasteiger partial charge in [-0.3, -0.25) is 37.9 Å². The molecule has 17 rings (SSSR count). The molecule has 0 aromatic carbocycles. The third-order valence-electron chi connectivity index (χ3n) is 23.9. The van der Waals surface area contributed by atoms with E-state index in [1.165, 1.54) is 58.3 Å². The van der Waals surface area contributed by atoms with E-state index in [4.69, 9.17) is 16.3 Å². The summed E-state index contributed by atoms with van der Waals surface area (Å²) in [6.45, 7) is 22.6. The van der Waals surface area contributed by atoms with Gasteiger partial charge in [-0.25, -0.2) is 37.5 Å². The van der Waals surface area contributed by atoms with E-state index >= 15 is 0 Å². The maximum Gasteiger partial charge on any atom is 0.219 e. The van der Waals surface area contributed by atoms with Gasteiger partial charge in [-0.15, -0.1) is 0 Å². The number of alkyl halides is 4. The molecule has 8 atom stereocenters. The van der Waals surface area contributed by atoms with Crippen molar-refractivity contribution in [2.45, 2.75) is 175 Å². The number of piperidine rings is 4. The molecular weight excluding hydrogens is 1540 g/mol. The fourth-order valence-corrected chi connectivity index (χ4v) is 17.6. The Hall–Kier alpha value is -11.4. The third kappa shape index (κ3) is 16.9. The smallest absolute Gasteiger partial charge is 0.219 e. The molecule has 1 aliphatic carbocycles. The summed E-state index contributed by atoms with van der Waals surface area (Å²) in [5, 5.41) is 36.5. The predicted octanol–water partition coefficient (Wildman–Crippen LogP) is 14.3. The number of methoxy groups -OCH3 is 1. The number of ether oxygens (including phenoxy) is 1. The molecule has 0 bridgehead atoms. The number of likely N-dealkylation sites (tertiary alicyclic amines) is 4. The Bertz CT molecular complexity index is 5600. The SMILES string of the molecule is CC(=O)N1CC[C@H](n2cc(-c3cnc4[nH]cc(C)c4c3NC3CCCC3)cn2)[C@@H](F)C1.CCNc1c(-c2cnn([C@H]3CCN(C(C)=O)C[C@@H]3F)c2C)cnc2[nH]cc(C)c12.CNc1c(-c2cnn([C@H]3CCN(C(C)=O)C[C@@H]3F)c2C)cnc2[nH]cc(C)c12.COCCNc1c(-c2cnn([C@H]3CCN(C(C)=O)C[C@@H]3F)c2)cnc2[nH]cc(Cl)c12. The number of pyridine rings is 4. The molecule has 0 unspecified atom stereocenters. The minimum absolute atomic E-state index is 0.0777. The van der Waals surface area contributed by atoms with Crippen LogP contribution in [0.4, 0.5) is 40.3 Å². The van der Waals surface area contributed by atoms with Crippen LogP contribution in [0.1, 0.15) is 138 Å². The van der Waals surface area contributed by atoms with Gasteiger partial charge in [0, 0.05) is 221 Å². The van der Waals surface area contributed by atoms with Crippen molar-refractivity contribution in [1.82, 2.24) is 98.6 Å². The third-order valence-corrected chi connectivity index (χ3v) is 24.2. The number of nitrogens with one attached hydrogen (secondary N) is 8. The molecule has 8 N–H and O–H groups in total. The number of fused-ring (bicyclic) bond motifs is 4. The number of hydrogen-bond donors (Lipinski definition) is 8. The van der Waals surface area contributed by atoms with Crippen molar-refractivity contribution in [3.05, 3.63) is 120 Å². The number of aromatic nitrogens is 16. The minimum atomic E-state index is -1.17. The molecule has 5 aliphatic rings. The number of rotatable bonds is 17. The summed E-state index contributed by atoms with van der Waals surface area (Å²) < 4.78 is 71.4. The largest absolute Gasteiger partial charge is 0.387 e. The van der Waals surface area contributed by atoms with Crippen molar-refractivity contribution in [2.75, 3.05) is 107 Å². The Balaban J connectivity index is 0.000000129. The molecule has 34 heteroatoms. The van der Waals surface area contributed by atoms with E-state index in [-0.39, 0.29) is 67.9 Å². The topological polar surface area (TPSA) is 325 Å². The lowest BCUT2D eigenvalue weighted by molar-refractivity contribution is -0.132. The molecule has 12 aromatic rings. The van der Waals surface area contributed by atoms with Crippen LogP contribution in [0, 0.1) is 34.6 Å². The summed E-state index contributed by atoms with van der Waals surface area (Å²) in [6, 6.07) is -1.05. The molecule has 1 saturated carbocycles. The van der Waals surface area contributed by atoms with Crippen LogP contribution >= 0.6 is 11.6 Å². The van der Waals surface area contributed by atoms with Gasteiger partial charge in [0.25, 0.3) is 0 Å². The first-order valence-corrected chi connectivity index (χ1v) is 40.9. The number of halogens is 5. The molecule has 118 heavy (non-hydrogen) atoms. The predicted molar refractivity (Wildman–Crippen MR) is 451 cm³/mol. The number of carbonyl (C=O) groups excluding carboxylic acids is 4. The zero-order chi connectivity index (χ0) is 83.5. The average molecular weight is 1640 g/mol. The van der Waals surface area contributed by atoms with Crippen LogP contribution < -0.4 is 21.3 Å². The van der Waals surface area contributed by atoms with E-state index in [9.17, 15) is 36.7 Å². The van der Waals surface area contributed by atoms with Gasteiger partial charge in [0.05, 0.1) is 115 Å². The van der Waals surface area contributed by atoms with Crippen LogP contribution in [-0.4, -0.2) is 239 Å². The number of carbonyl (C=O) groups is 4. The van der Waals surface area contributed by atoms with Crippen LogP contribution in [0.25, 0.3) is 88.6 Å². The molecule has 5 fully saturated rings. The highest BCUT2D eigenvalue weighted by Crippen LogP contribution is 2.44. The molecule has 626 valence electrons. The van der Waals surface area contributed by atoms with Gasteiger partial charge in [0.1, 0.15) is 47.3 Å². The number of nitrogens with zero attached hydrogens (tertiary/aromatic N) is 16. The van der Waals surface area contributed by atoms with E-state index in [1.807, 2.05) is 77.4 Å². The second-order valence-electron chi connectivity index (χ2n) is 31.4. The first-order chi connectivity index (χ1) is 56.8. The van der Waals surface area contributed by atoms with Crippen molar-refractivity contribution < 1.29 is 41.5 Å². The van der Waals surface area contributed by atoms with Gasteiger partial charge >= 0.3 is 0 Å². The van der Waals surface area contributed by atoms with Crippen molar-refractivity contribution in [3.8, 4) is 44.5 Å². The summed E-state index contributed by atoms with van der Waals surface area (Å²) in [4.78, 5) is 83.4. The molecule has 0 spiro atoms. The number of hydrogen-bond acceptors (Lipinski definition) is 17. The van der Waals surface area contributed by atoms with E-state index in [0.717, 1.165) is 140 Å². The van der Waals surface area contributed by atoms with Gasteiger partial charge in [0.2, 0.25) is 23.6 Å². The molecule has 4 amide bonds. The van der Waals surface area contributed by atoms with Crippen LogP contribution in [0.3, 0.4) is 0 Å². The van der Waals surface area contributed by atoms with Gasteiger partial charge < -0.3 is 65.5 Å². The first-order valence-electron chi connectivity index (χ1n) is 40.6. The molecule has 0 radical (unpaired) electrons. The summed E-state index contributed by atoms with van der Waals surface area (Å²) in [5.74, 6) is -0.350. The highest BCUT2D eigenvalue weighted by atomic mass is 35.5. The van der Waals surface area contributed by atoms with Gasteiger partial charge in [0.15, 0.2) is 0 Å². The molecule has 4 saturated heterocycles. The first kappa shape index (κ1) is 83.2. The van der Waals surface area contributed by atoms with Crippen molar-refractivity contribution in [2.24, 2.45) is 0 Å². The lowest BCUT2D eigenvalue weighted by Gasteiger charge is -2.34. The zero-order valence-electron chi connectivity index (χ0n) is 68.8. The number of aromatic amines is 4. The summed E-state index contributed by atoms with van der Waals surface area (Å²) in [5.41, 5.74) is 19.6. The Morgan fingerprint density at radius 2 is 0.839 bits per heavy atom. The normalized spacial score (nSPS) is 20.4. The second-order valence-corrected chi connectivity index (χ2v) is 31.8. The number of H-pyrrole nitrogens is 4. The summed E-state index contributed by atoms with van der Waals surface area (Å²) in [7, 11) is 3.53. The Morgan fingerprint density at radius 1 is 0.466 bits per heavy atom. The van der Waals surface area contributed by atoms with E-state index < -0.39 is 30.7 Å². The van der Waals surface area contributed by atoms with Crippen molar-refractivity contribution >= 4 is 102 Å². The fourth-order valence-electron chi connectivity index (χ4n) is 17.4. The van der Waals surface area contributed by atoms with Crippen LogP contribution in [0.15, 0.2) is 86.8 Å². The minimum Gasteiger partial charge on any atom is -0.387 e. The van der Waals surface area contributed by atoms with Gasteiger partial charge in [-0.2, -0.15) is 20.4 Å². The quantitative estimate of drug-likeness (QED) is 0.0310. The Morgan fingerprint density at radius 3 is 1.25 bits per heavy atom. The molecular formula is C84H105ClF4N24O5. The van der Waals surface area contributed by atoms with Crippen LogP contribution in [-0.2, 0) is 23.9 Å². The van der Waals surface area contributed by atoms with Gasteiger partial charge in [-0.1, -0.05) is 24.4 Å². The average Bonchev–Trinajstić information content (AvgIpc) is 1.55. The van der Waals surface area contributed by atoms with E-state index in [0.29, 0.717) is 81.7 Å². The zero-order valence-corrected chi connectivity index (χ0v) is 69.6. The van der Waals surface area contributed by atoms with Crippen LogP contribution in [0.2, 0.25) is 5.02 Å². The second kappa shape index (κ2) is 35.9. The lowest BCUT2D eigenvalue weighted by Crippen LogP contribution is -2.45. The lowest BCUT2D eigenvalue weighted by atomic mass is 10.0. The van der Waals surface area contributed by atoms with Crippen LogP contribution in [0.5, 0.6) is 0 Å². The number of amides is 4. The Kier molecular flexibility index (Phi) is 25.3. The molecule has 12 aromatic heterocycles. The van der Waals surface area contributed by atoms with E-state index in [1.54, 1.807) is 77.7 Å². The highest BCUT2D eigenvalue weighted by molar-refractivity contribution is 6.37. The standard InChI is InChI=1S/C23H29FN6O.C21H27FN6O.C20H24ClFN6O2.C20H25FN6O/c1-14-9-25-23-21(14)22(28-17-5-3-4-6-17)18(11-26-23)16-10-27-30(12-16)20-7-8-29(15(2)31)13-19(20)24;1-5-23-20-16(9-25-21-19(20)12(2)8-24-21)15-10-26-28(13(15)3)18-6-7-27(14(4)29)11-17(18)22;1-12(29)27-5-3-17(16(22)11-27)28-10-13(7-26-28)14-8-24-20-18(15(21)9-25-20)19(14)23-4-6-30-2;1-11-7-23-20-18(11)19(22-4)15(8-24-20)14-9-25-27(12(14)2)17-5-6-26(13(3)28)10-16(17)21/h9-12,17,19-20H,3-8,13H2,1-2H3,(H2,25,26,28);8-10,17-18H,5-7,11H2,1-4H3,(H2,23,24,25);7-10,16-17H,3-6,11H2,1-2H3,(H2,23,24,25);7-9,16-17H,5-6,10H2,1-4H3,(H2,22,23,24)/t19-,20-;17-,18-;2*16-,17-/m0000/s1. The fraction of sp³-hybridized carbons (Fsp3) is 0.476. The molecule has 4 aliphatic heterocycles. The molecule has 16 heterocycles. The Labute approximate surface area is 686 Å². The van der Waals surface area contributed by atoms with E-state index in [2.05, 4.69) is 102 Å². The number of aryl methyl sites for hydroxylation is 3. The number of anilines is 4. The monoisotopic (exact) mass is 1640 g/mol. The maximum absolute atomic E-state index is 14.9. The summed E-state index contributed by atoms with van der Waals surface area (Å²) >= 11 is 6.39. The molecule has 29 nitrogen and oxygen atoms in total. The van der Waals surface area contributed by atoms with Crippen molar-refractivity contribution in [1.29, 1.82) is 0 Å². The van der Waals surface area contributed by atoms with Crippen molar-refractivity contribution in [3.63, 3.8) is 0 Å².